The molecule has 0 fully saturated rings. The van der Waals surface area contributed by atoms with Gasteiger partial charge < -0.3 is 19.6 Å². The first kappa shape index (κ1) is 21.6. The summed E-state index contributed by atoms with van der Waals surface area (Å²) in [4.78, 5) is 8.49. The second-order valence-electron chi connectivity index (χ2n) is 5.60. The molecule has 0 saturated carbocycles. The summed E-state index contributed by atoms with van der Waals surface area (Å²) in [5, 5.41) is 7.42. The Hall–Kier alpha value is -1.71. The van der Waals surface area contributed by atoms with Crippen LogP contribution < -0.4 is 10.6 Å². The first-order valence-corrected chi connectivity index (χ1v) is 8.78. The maximum Gasteiger partial charge on any atom is 0.214 e. The van der Waals surface area contributed by atoms with Crippen molar-refractivity contribution in [3.05, 3.63) is 64.4 Å². The molecule has 2 N–H and O–H groups in total. The van der Waals surface area contributed by atoms with E-state index in [-0.39, 0.29) is 24.0 Å². The number of nitrogens with one attached hydrogen (secondary N) is 2. The van der Waals surface area contributed by atoms with Crippen LogP contribution in [0.15, 0.2) is 52.0 Å². The van der Waals surface area contributed by atoms with Gasteiger partial charge in [0.25, 0.3) is 0 Å². The summed E-state index contributed by atoms with van der Waals surface area (Å²) in [6.45, 7) is 0.949. The number of rotatable bonds is 5. The molecule has 1 aromatic carbocycles. The maximum atomic E-state index is 6.08. The van der Waals surface area contributed by atoms with Crippen molar-refractivity contribution in [2.75, 3.05) is 7.05 Å². The molecule has 144 valence electrons. The SMILES string of the molecule is CN=C(NCc1ncc(-c2ccccc2)o1)NCc1cc(Cl)c(Cl)n1C.I. The molecule has 2 aromatic heterocycles. The van der Waals surface area contributed by atoms with Crippen molar-refractivity contribution < 1.29 is 4.42 Å². The summed E-state index contributed by atoms with van der Waals surface area (Å²) in [7, 11) is 3.56. The molecule has 0 atom stereocenters. The molecule has 9 heteroatoms. The lowest BCUT2D eigenvalue weighted by Gasteiger charge is -2.11. The second-order valence-corrected chi connectivity index (χ2v) is 6.36. The zero-order valence-corrected chi connectivity index (χ0v) is 18.7. The Kier molecular flexibility index (Phi) is 8.00. The number of aromatic nitrogens is 2. The highest BCUT2D eigenvalue weighted by molar-refractivity contribution is 14.0. The van der Waals surface area contributed by atoms with Crippen LogP contribution in [0, 0.1) is 0 Å². The van der Waals surface area contributed by atoms with Crippen molar-refractivity contribution in [1.82, 2.24) is 20.2 Å². The maximum absolute atomic E-state index is 6.08. The highest BCUT2D eigenvalue weighted by Gasteiger charge is 2.10. The topological polar surface area (TPSA) is 67.4 Å². The largest absolute Gasteiger partial charge is 0.439 e. The van der Waals surface area contributed by atoms with Gasteiger partial charge in [0.05, 0.1) is 24.3 Å². The van der Waals surface area contributed by atoms with E-state index in [1.54, 1.807) is 13.2 Å². The van der Waals surface area contributed by atoms with E-state index in [2.05, 4.69) is 20.6 Å². The Balaban J connectivity index is 0.00000261. The molecule has 0 saturated heterocycles. The Labute approximate surface area is 185 Å². The van der Waals surface area contributed by atoms with Gasteiger partial charge in [-0.1, -0.05) is 53.5 Å². The van der Waals surface area contributed by atoms with Gasteiger partial charge in [0, 0.05) is 25.4 Å². The van der Waals surface area contributed by atoms with Gasteiger partial charge in [0.2, 0.25) is 5.89 Å². The zero-order chi connectivity index (χ0) is 18.5. The molecule has 0 unspecified atom stereocenters. The van der Waals surface area contributed by atoms with Crippen molar-refractivity contribution in [2.45, 2.75) is 13.1 Å². The van der Waals surface area contributed by atoms with Gasteiger partial charge in [-0.3, -0.25) is 4.99 Å². The van der Waals surface area contributed by atoms with Gasteiger partial charge in [0.1, 0.15) is 5.15 Å². The minimum Gasteiger partial charge on any atom is -0.439 e. The molecule has 0 spiro atoms. The number of hydrogen-bond acceptors (Lipinski definition) is 3. The Bertz CT molecular complexity index is 908. The molecule has 0 aliphatic rings. The molecular weight excluding hydrogens is 500 g/mol. The predicted octanol–water partition coefficient (Wildman–Crippen LogP) is 4.47. The summed E-state index contributed by atoms with van der Waals surface area (Å²) in [6.07, 6.45) is 1.72. The van der Waals surface area contributed by atoms with E-state index in [1.165, 1.54) is 0 Å². The first-order chi connectivity index (χ1) is 12.6. The van der Waals surface area contributed by atoms with E-state index < -0.39 is 0 Å². The normalized spacial score (nSPS) is 11.2. The van der Waals surface area contributed by atoms with E-state index in [4.69, 9.17) is 27.6 Å². The van der Waals surface area contributed by atoms with Crippen molar-refractivity contribution in [2.24, 2.45) is 12.0 Å². The number of hydrogen-bond donors (Lipinski definition) is 2. The fourth-order valence-corrected chi connectivity index (χ4v) is 2.86. The van der Waals surface area contributed by atoms with Crippen LogP contribution in [0.5, 0.6) is 0 Å². The first-order valence-electron chi connectivity index (χ1n) is 8.02. The van der Waals surface area contributed by atoms with Crippen LogP contribution in [0.1, 0.15) is 11.6 Å². The molecule has 2 heterocycles. The molecule has 27 heavy (non-hydrogen) atoms. The van der Waals surface area contributed by atoms with Gasteiger partial charge in [-0.25, -0.2) is 4.98 Å². The third kappa shape index (κ3) is 5.40. The third-order valence-corrected chi connectivity index (χ3v) is 4.74. The van der Waals surface area contributed by atoms with E-state index in [0.29, 0.717) is 35.1 Å². The van der Waals surface area contributed by atoms with Crippen LogP contribution in [0.2, 0.25) is 10.2 Å². The average Bonchev–Trinajstić information content (AvgIpc) is 3.23. The van der Waals surface area contributed by atoms with Gasteiger partial charge in [-0.2, -0.15) is 0 Å². The van der Waals surface area contributed by atoms with Crippen LogP contribution >= 0.6 is 47.2 Å². The lowest BCUT2D eigenvalue weighted by molar-refractivity contribution is 0.497. The number of nitrogens with zero attached hydrogens (tertiary/aromatic N) is 3. The van der Waals surface area contributed by atoms with Crippen molar-refractivity contribution in [3.63, 3.8) is 0 Å². The molecule has 0 aliphatic carbocycles. The van der Waals surface area contributed by atoms with Crippen LogP contribution in [0.3, 0.4) is 0 Å². The van der Waals surface area contributed by atoms with Gasteiger partial charge >= 0.3 is 0 Å². The smallest absolute Gasteiger partial charge is 0.214 e. The van der Waals surface area contributed by atoms with E-state index in [9.17, 15) is 0 Å². The van der Waals surface area contributed by atoms with Crippen LogP contribution in [-0.4, -0.2) is 22.6 Å². The number of aliphatic imine (C=N–C) groups is 1. The Morgan fingerprint density at radius 3 is 2.52 bits per heavy atom. The molecule has 6 nitrogen and oxygen atoms in total. The Morgan fingerprint density at radius 1 is 1.19 bits per heavy atom. The fraction of sp³-hybridized carbons (Fsp3) is 0.222. The summed E-state index contributed by atoms with van der Waals surface area (Å²) in [6, 6.07) is 11.7. The second kappa shape index (κ2) is 10.0. The van der Waals surface area contributed by atoms with Crippen LogP contribution in [0.4, 0.5) is 0 Å². The summed E-state index contributed by atoms with van der Waals surface area (Å²) in [5.41, 5.74) is 1.94. The lowest BCUT2D eigenvalue weighted by Crippen LogP contribution is -2.36. The average molecular weight is 520 g/mol. The number of guanidine groups is 1. The number of halogens is 3. The third-order valence-electron chi connectivity index (χ3n) is 3.90. The summed E-state index contributed by atoms with van der Waals surface area (Å²) < 4.78 is 7.59. The monoisotopic (exact) mass is 519 g/mol. The van der Waals surface area contributed by atoms with E-state index in [0.717, 1.165) is 17.0 Å². The predicted molar refractivity (Wildman–Crippen MR) is 120 cm³/mol. The van der Waals surface area contributed by atoms with Crippen molar-refractivity contribution >= 4 is 53.1 Å². The standard InChI is InChI=1S/C18H19Cl2N5O.HI/c1-21-18(23-9-13-8-14(19)17(20)25(13)2)24-11-16-22-10-15(26-16)12-6-4-3-5-7-12;/h3-8,10H,9,11H2,1-2H3,(H2,21,23,24);1H. The molecular formula is C18H20Cl2IN5O. The highest BCUT2D eigenvalue weighted by Crippen LogP contribution is 2.25. The molecule has 3 aromatic rings. The number of oxazole rings is 1. The quantitative estimate of drug-likeness (QED) is 0.296. The van der Waals surface area contributed by atoms with Crippen molar-refractivity contribution in [1.29, 1.82) is 0 Å². The highest BCUT2D eigenvalue weighted by atomic mass is 127. The molecule has 0 radical (unpaired) electrons. The van der Waals surface area contributed by atoms with Crippen LogP contribution in [-0.2, 0) is 20.1 Å². The minimum atomic E-state index is 0. The van der Waals surface area contributed by atoms with E-state index in [1.807, 2.05) is 48.0 Å². The Morgan fingerprint density at radius 2 is 1.89 bits per heavy atom. The zero-order valence-electron chi connectivity index (χ0n) is 14.9. The molecule has 0 amide bonds. The van der Waals surface area contributed by atoms with Gasteiger partial charge in [-0.05, 0) is 6.07 Å². The van der Waals surface area contributed by atoms with Crippen molar-refractivity contribution in [3.8, 4) is 11.3 Å². The number of benzene rings is 1. The van der Waals surface area contributed by atoms with Gasteiger partial charge in [-0.15, -0.1) is 24.0 Å². The molecule has 3 rings (SSSR count). The molecule has 0 aliphatic heterocycles. The molecule has 0 bridgehead atoms. The fourth-order valence-electron chi connectivity index (χ4n) is 2.44. The summed E-state index contributed by atoms with van der Waals surface area (Å²) >= 11 is 12.1. The lowest BCUT2D eigenvalue weighted by atomic mass is 10.2. The van der Waals surface area contributed by atoms with E-state index >= 15 is 0 Å². The summed E-state index contributed by atoms with van der Waals surface area (Å²) in [5.74, 6) is 1.94. The minimum absolute atomic E-state index is 0. The van der Waals surface area contributed by atoms with Crippen LogP contribution in [0.25, 0.3) is 11.3 Å². The van der Waals surface area contributed by atoms with Gasteiger partial charge in [0.15, 0.2) is 11.7 Å².